The molecule has 192 valence electrons. The summed E-state index contributed by atoms with van der Waals surface area (Å²) in [5.41, 5.74) is 4.80. The van der Waals surface area contributed by atoms with Gasteiger partial charge in [-0.1, -0.05) is 19.9 Å². The third kappa shape index (κ3) is 4.59. The van der Waals surface area contributed by atoms with E-state index in [1.165, 1.54) is 7.11 Å². The summed E-state index contributed by atoms with van der Waals surface area (Å²) in [6.07, 6.45) is 0. The van der Waals surface area contributed by atoms with Crippen LogP contribution in [0.2, 0.25) is 0 Å². The number of carbonyl (C=O) groups excluding carboxylic acids is 2. The van der Waals surface area contributed by atoms with Crippen molar-refractivity contribution in [3.63, 3.8) is 0 Å². The van der Waals surface area contributed by atoms with Crippen LogP contribution in [0.4, 0.5) is 0 Å². The van der Waals surface area contributed by atoms with Gasteiger partial charge in [-0.3, -0.25) is 9.68 Å². The Morgan fingerprint density at radius 1 is 0.919 bits per heavy atom. The molecule has 0 aliphatic rings. The van der Waals surface area contributed by atoms with Crippen LogP contribution in [0.15, 0.2) is 42.5 Å². The maximum absolute atomic E-state index is 12.3. The predicted molar refractivity (Wildman–Crippen MR) is 142 cm³/mol. The molecule has 9 heteroatoms. The number of hydrogen-bond acceptors (Lipinski definition) is 7. The number of ether oxygens (including phenoxy) is 2. The van der Waals surface area contributed by atoms with Gasteiger partial charge < -0.3 is 24.3 Å². The molecule has 37 heavy (non-hydrogen) atoms. The highest BCUT2D eigenvalue weighted by atomic mass is 17.2. The van der Waals surface area contributed by atoms with E-state index >= 15 is 0 Å². The second kappa shape index (κ2) is 10.5. The molecule has 0 atom stereocenters. The smallest absolute Gasteiger partial charge is 0.373 e. The molecule has 0 bridgehead atoms. The van der Waals surface area contributed by atoms with Gasteiger partial charge in [-0.2, -0.15) is 4.89 Å². The Bertz CT molecular complexity index is 1600. The molecule has 0 saturated heterocycles. The Morgan fingerprint density at radius 2 is 1.59 bits per heavy atom. The van der Waals surface area contributed by atoms with Crippen molar-refractivity contribution in [3.8, 4) is 5.75 Å². The van der Waals surface area contributed by atoms with Crippen molar-refractivity contribution in [1.29, 1.82) is 0 Å². The van der Waals surface area contributed by atoms with Crippen molar-refractivity contribution in [3.05, 3.63) is 53.6 Å². The van der Waals surface area contributed by atoms with Gasteiger partial charge in [0, 0.05) is 39.1 Å². The lowest BCUT2D eigenvalue weighted by Crippen LogP contribution is -2.27. The molecular formula is C28H29N3O6. The highest BCUT2D eigenvalue weighted by Gasteiger charge is 2.19. The maximum atomic E-state index is 12.3. The highest BCUT2D eigenvalue weighted by Crippen LogP contribution is 2.41. The number of H-pyrrole nitrogens is 2. The summed E-state index contributed by atoms with van der Waals surface area (Å²) in [6.45, 7) is 8.12. The van der Waals surface area contributed by atoms with Gasteiger partial charge in [0.15, 0.2) is 5.75 Å². The van der Waals surface area contributed by atoms with Gasteiger partial charge in [-0.05, 0) is 55.1 Å². The number of nitrogens with one attached hydrogen (secondary N) is 2. The van der Waals surface area contributed by atoms with E-state index in [-0.39, 0.29) is 6.61 Å². The van der Waals surface area contributed by atoms with Crippen LogP contribution in [0.5, 0.6) is 5.75 Å². The van der Waals surface area contributed by atoms with Crippen molar-refractivity contribution in [2.45, 2.75) is 20.5 Å². The monoisotopic (exact) mass is 503 g/mol. The Morgan fingerprint density at radius 3 is 2.24 bits per heavy atom. The van der Waals surface area contributed by atoms with Crippen LogP contribution in [0.1, 0.15) is 29.8 Å². The maximum Gasteiger partial charge on any atom is 0.373 e. The van der Waals surface area contributed by atoms with E-state index in [0.29, 0.717) is 18.6 Å². The van der Waals surface area contributed by atoms with Crippen LogP contribution < -0.4 is 4.74 Å². The first kappa shape index (κ1) is 24.6. The molecule has 0 unspecified atom stereocenters. The Balaban J connectivity index is 1.71. The Kier molecular flexibility index (Phi) is 6.98. The number of fused-ring (bicyclic) bond motifs is 6. The van der Waals surface area contributed by atoms with E-state index in [4.69, 9.17) is 14.4 Å². The quantitative estimate of drug-likeness (QED) is 0.147. The standard InChI is InChI=1S/C28H29N3O6/c1-4-31(5-2)10-11-36-27-25-21(19-12-17(15-35-16-32)6-8-23(19)29-25)14-22-20-13-18(28(33)37-34-3)7-9-24(20)30-26(22)27/h6-9,12-14,16,29-30H,4-5,10-11,15H2,1-3H3. The molecule has 0 fully saturated rings. The first-order valence-corrected chi connectivity index (χ1v) is 12.3. The number of carbonyl (C=O) groups is 2. The van der Waals surface area contributed by atoms with Crippen LogP contribution >= 0.6 is 0 Å². The first-order chi connectivity index (χ1) is 18.1. The number of nitrogens with zero attached hydrogens (tertiary/aromatic N) is 1. The predicted octanol–water partition coefficient (Wildman–Crippen LogP) is 5.07. The molecule has 3 aromatic carbocycles. The Labute approximate surface area is 213 Å². The van der Waals surface area contributed by atoms with Crippen molar-refractivity contribution in [1.82, 2.24) is 14.9 Å². The van der Waals surface area contributed by atoms with Crippen LogP contribution in [0.25, 0.3) is 43.6 Å². The molecule has 5 aromatic rings. The highest BCUT2D eigenvalue weighted by molar-refractivity contribution is 6.21. The average Bonchev–Trinajstić information content (AvgIpc) is 3.47. The third-order valence-electron chi connectivity index (χ3n) is 6.75. The molecule has 0 aliphatic heterocycles. The van der Waals surface area contributed by atoms with Gasteiger partial charge in [0.1, 0.15) is 13.2 Å². The second-order valence-electron chi connectivity index (χ2n) is 8.76. The molecule has 2 N–H and O–H groups in total. The number of aromatic amines is 2. The third-order valence-corrected chi connectivity index (χ3v) is 6.75. The van der Waals surface area contributed by atoms with E-state index < -0.39 is 5.97 Å². The zero-order valence-corrected chi connectivity index (χ0v) is 21.1. The fourth-order valence-corrected chi connectivity index (χ4v) is 4.83. The van der Waals surface area contributed by atoms with Crippen LogP contribution in [-0.2, 0) is 25.9 Å². The average molecular weight is 504 g/mol. The van der Waals surface area contributed by atoms with E-state index in [1.807, 2.05) is 24.3 Å². The molecule has 0 aliphatic carbocycles. The van der Waals surface area contributed by atoms with Crippen LogP contribution in [0.3, 0.4) is 0 Å². The van der Waals surface area contributed by atoms with Gasteiger partial charge in [-0.25, -0.2) is 4.79 Å². The molecule has 5 rings (SSSR count). The first-order valence-electron chi connectivity index (χ1n) is 12.3. The molecule has 2 heterocycles. The summed E-state index contributed by atoms with van der Waals surface area (Å²) < 4.78 is 11.4. The zero-order chi connectivity index (χ0) is 25.9. The molecule has 0 amide bonds. The number of aromatic nitrogens is 2. The van der Waals surface area contributed by atoms with E-state index in [2.05, 4.69) is 39.7 Å². The van der Waals surface area contributed by atoms with Crippen LogP contribution in [0, 0.1) is 0 Å². The lowest BCUT2D eigenvalue weighted by atomic mass is 10.0. The van der Waals surface area contributed by atoms with Crippen molar-refractivity contribution >= 4 is 56.1 Å². The van der Waals surface area contributed by atoms with Crippen LogP contribution in [-0.4, -0.2) is 60.7 Å². The summed E-state index contributed by atoms with van der Waals surface area (Å²) in [5, 5.41) is 3.74. The molecular weight excluding hydrogens is 474 g/mol. The molecule has 2 aromatic heterocycles. The number of benzene rings is 3. The van der Waals surface area contributed by atoms with E-state index in [9.17, 15) is 9.59 Å². The molecule has 0 radical (unpaired) electrons. The molecule has 0 spiro atoms. The summed E-state index contributed by atoms with van der Waals surface area (Å²) in [6, 6.07) is 13.3. The summed E-state index contributed by atoms with van der Waals surface area (Å²) in [4.78, 5) is 41.6. The van der Waals surface area contributed by atoms with Gasteiger partial charge in [0.2, 0.25) is 0 Å². The number of rotatable bonds is 11. The van der Waals surface area contributed by atoms with E-state index in [0.717, 1.165) is 74.6 Å². The lowest BCUT2D eigenvalue weighted by molar-refractivity contribution is -0.216. The SMILES string of the molecule is CCN(CC)CCOc1c2[nH]c3ccc(COC=O)cc3c2cc2c1[nH]c1ccc(C(=O)OOC)cc12. The van der Waals surface area contributed by atoms with Gasteiger partial charge in [-0.15, -0.1) is 0 Å². The molecule has 0 saturated carbocycles. The van der Waals surface area contributed by atoms with Gasteiger partial charge >= 0.3 is 5.97 Å². The number of likely N-dealkylation sites (N-methyl/N-ethyl adjacent to an activating group) is 1. The summed E-state index contributed by atoms with van der Waals surface area (Å²) >= 11 is 0. The topological polar surface area (TPSA) is 106 Å². The van der Waals surface area contributed by atoms with Gasteiger partial charge in [0.05, 0.1) is 23.7 Å². The summed E-state index contributed by atoms with van der Waals surface area (Å²) in [5.74, 6) is 0.154. The molecule has 9 nitrogen and oxygen atoms in total. The van der Waals surface area contributed by atoms with Gasteiger partial charge in [0.25, 0.3) is 6.47 Å². The minimum atomic E-state index is -0.567. The second-order valence-corrected chi connectivity index (χ2v) is 8.76. The largest absolute Gasteiger partial charge is 0.488 e. The zero-order valence-electron chi connectivity index (χ0n) is 21.1. The van der Waals surface area contributed by atoms with Crippen molar-refractivity contribution in [2.24, 2.45) is 0 Å². The summed E-state index contributed by atoms with van der Waals surface area (Å²) in [7, 11) is 1.30. The minimum Gasteiger partial charge on any atom is -0.488 e. The fraction of sp³-hybridized carbons (Fsp3) is 0.286. The minimum absolute atomic E-state index is 0.194. The number of hydrogen-bond donors (Lipinski definition) is 2. The van der Waals surface area contributed by atoms with E-state index in [1.54, 1.807) is 12.1 Å². The normalized spacial score (nSPS) is 11.7. The van der Waals surface area contributed by atoms with Crippen molar-refractivity contribution in [2.75, 3.05) is 33.4 Å². The van der Waals surface area contributed by atoms with Crippen molar-refractivity contribution < 1.29 is 28.8 Å². The fourth-order valence-electron chi connectivity index (χ4n) is 4.83. The Hall–Kier alpha value is -4.08. The lowest BCUT2D eigenvalue weighted by Gasteiger charge is -2.18.